The molecule has 0 aromatic heterocycles. The molecule has 0 heterocycles. The Kier molecular flexibility index (Phi) is 3.99. The van der Waals surface area contributed by atoms with E-state index >= 15 is 0 Å². The van der Waals surface area contributed by atoms with Crippen LogP contribution in [0.2, 0.25) is 0 Å². The minimum Gasteiger partial charge on any atom is -0.457 e. The van der Waals surface area contributed by atoms with Crippen LogP contribution in [0.3, 0.4) is 0 Å². The lowest BCUT2D eigenvalue weighted by Crippen LogP contribution is -1.99. The number of aliphatic hydroxyl groups is 1. The van der Waals surface area contributed by atoms with Gasteiger partial charge in [-0.3, -0.25) is 0 Å². The first kappa shape index (κ1) is 13.1. The first-order valence-electron chi connectivity index (χ1n) is 5.48. The maximum Gasteiger partial charge on any atom is 0.136 e. The molecule has 0 amide bonds. The van der Waals surface area contributed by atoms with Gasteiger partial charge in [-0.05, 0) is 37.3 Å². The molecule has 0 fully saturated rings. The lowest BCUT2D eigenvalue weighted by Gasteiger charge is -2.14. The molecule has 2 rings (SSSR count). The summed E-state index contributed by atoms with van der Waals surface area (Å²) in [6, 6.07) is 11.7. The summed E-state index contributed by atoms with van der Waals surface area (Å²) in [6.45, 7) is 1.51. The number of hydrogen-bond acceptors (Lipinski definition) is 2. The third-order valence-electron chi connectivity index (χ3n) is 2.45. The van der Waals surface area contributed by atoms with Crippen LogP contribution in [-0.4, -0.2) is 5.11 Å². The van der Waals surface area contributed by atoms with Crippen LogP contribution in [0.25, 0.3) is 0 Å². The molecule has 1 N–H and O–H groups in total. The van der Waals surface area contributed by atoms with Crippen LogP contribution in [0.4, 0.5) is 4.39 Å². The maximum atomic E-state index is 13.6. The molecule has 0 unspecified atom stereocenters. The Bertz CT molecular complexity index is 555. The predicted molar refractivity (Wildman–Crippen MR) is 71.2 cm³/mol. The Balaban J connectivity index is 2.37. The van der Waals surface area contributed by atoms with Crippen LogP contribution in [0.1, 0.15) is 18.6 Å². The van der Waals surface area contributed by atoms with E-state index in [1.54, 1.807) is 24.3 Å². The highest BCUT2D eigenvalue weighted by Gasteiger charge is 2.15. The molecule has 2 aromatic carbocycles. The maximum absolute atomic E-state index is 13.6. The fraction of sp³-hybridized carbons (Fsp3) is 0.143. The van der Waals surface area contributed by atoms with Gasteiger partial charge in [0, 0.05) is 4.47 Å². The number of rotatable bonds is 3. The number of benzene rings is 2. The molecule has 4 heteroatoms. The van der Waals surface area contributed by atoms with E-state index in [0.29, 0.717) is 11.5 Å². The Labute approximate surface area is 113 Å². The van der Waals surface area contributed by atoms with E-state index in [2.05, 4.69) is 15.9 Å². The molecular formula is C14H12BrFO2. The highest BCUT2D eigenvalue weighted by molar-refractivity contribution is 9.10. The highest BCUT2D eigenvalue weighted by atomic mass is 79.9. The third kappa shape index (κ3) is 2.89. The summed E-state index contributed by atoms with van der Waals surface area (Å²) in [7, 11) is 0. The molecule has 0 aliphatic carbocycles. The van der Waals surface area contributed by atoms with Gasteiger partial charge in [-0.15, -0.1) is 0 Å². The largest absolute Gasteiger partial charge is 0.457 e. The number of aliphatic hydroxyl groups excluding tert-OH is 1. The summed E-state index contributed by atoms with van der Waals surface area (Å²) < 4.78 is 20.1. The second-order valence-corrected chi connectivity index (χ2v) is 4.80. The van der Waals surface area contributed by atoms with E-state index in [1.165, 1.54) is 13.0 Å². The quantitative estimate of drug-likeness (QED) is 0.908. The Morgan fingerprint density at radius 3 is 2.61 bits per heavy atom. The lowest BCUT2D eigenvalue weighted by atomic mass is 10.1. The predicted octanol–water partition coefficient (Wildman–Crippen LogP) is 4.43. The average Bonchev–Trinajstić information content (AvgIpc) is 2.28. The van der Waals surface area contributed by atoms with Gasteiger partial charge in [0.15, 0.2) is 0 Å². The molecule has 0 saturated carbocycles. The zero-order valence-electron chi connectivity index (χ0n) is 9.73. The minimum absolute atomic E-state index is 0.164. The SMILES string of the molecule is C[C@H](O)c1c(F)cccc1Oc1cccc(Br)c1. The smallest absolute Gasteiger partial charge is 0.136 e. The van der Waals surface area contributed by atoms with E-state index in [0.717, 1.165) is 4.47 Å². The van der Waals surface area contributed by atoms with Crippen molar-refractivity contribution in [3.8, 4) is 11.5 Å². The lowest BCUT2D eigenvalue weighted by molar-refractivity contribution is 0.190. The van der Waals surface area contributed by atoms with Gasteiger partial charge in [0.1, 0.15) is 17.3 Å². The normalized spacial score (nSPS) is 12.2. The standard InChI is InChI=1S/C14H12BrFO2/c1-9(17)14-12(16)6-3-7-13(14)18-11-5-2-4-10(15)8-11/h2-9,17H,1H3/t9-/m0/s1. The monoisotopic (exact) mass is 310 g/mol. The summed E-state index contributed by atoms with van der Waals surface area (Å²) in [5, 5.41) is 9.59. The van der Waals surface area contributed by atoms with E-state index in [-0.39, 0.29) is 5.56 Å². The molecule has 0 aliphatic heterocycles. The van der Waals surface area contributed by atoms with Crippen LogP contribution >= 0.6 is 15.9 Å². The van der Waals surface area contributed by atoms with E-state index < -0.39 is 11.9 Å². The van der Waals surface area contributed by atoms with Crippen LogP contribution in [0.5, 0.6) is 11.5 Å². The molecule has 0 saturated heterocycles. The van der Waals surface area contributed by atoms with Gasteiger partial charge in [0.25, 0.3) is 0 Å². The van der Waals surface area contributed by atoms with E-state index in [4.69, 9.17) is 4.74 Å². The van der Waals surface area contributed by atoms with Crippen LogP contribution in [0, 0.1) is 5.82 Å². The molecule has 0 bridgehead atoms. The van der Waals surface area contributed by atoms with E-state index in [1.807, 2.05) is 12.1 Å². The van der Waals surface area contributed by atoms with Crippen molar-refractivity contribution in [2.24, 2.45) is 0 Å². The fourth-order valence-electron chi connectivity index (χ4n) is 1.67. The van der Waals surface area contributed by atoms with Gasteiger partial charge in [-0.25, -0.2) is 4.39 Å². The van der Waals surface area contributed by atoms with Crippen molar-refractivity contribution in [3.05, 3.63) is 58.3 Å². The minimum atomic E-state index is -0.923. The zero-order valence-corrected chi connectivity index (χ0v) is 11.3. The third-order valence-corrected chi connectivity index (χ3v) is 2.95. The first-order valence-corrected chi connectivity index (χ1v) is 6.27. The molecule has 18 heavy (non-hydrogen) atoms. The highest BCUT2D eigenvalue weighted by Crippen LogP contribution is 2.32. The molecule has 2 aromatic rings. The fourth-order valence-corrected chi connectivity index (χ4v) is 2.05. The first-order chi connectivity index (χ1) is 8.58. The second-order valence-electron chi connectivity index (χ2n) is 3.89. The van der Waals surface area contributed by atoms with Crippen molar-refractivity contribution in [2.45, 2.75) is 13.0 Å². The van der Waals surface area contributed by atoms with Crippen LogP contribution in [-0.2, 0) is 0 Å². The van der Waals surface area contributed by atoms with Crippen molar-refractivity contribution in [3.63, 3.8) is 0 Å². The van der Waals surface area contributed by atoms with Crippen molar-refractivity contribution in [2.75, 3.05) is 0 Å². The van der Waals surface area contributed by atoms with Gasteiger partial charge >= 0.3 is 0 Å². The van der Waals surface area contributed by atoms with E-state index in [9.17, 15) is 9.50 Å². The van der Waals surface area contributed by atoms with Crippen molar-refractivity contribution >= 4 is 15.9 Å². The number of hydrogen-bond donors (Lipinski definition) is 1. The Morgan fingerprint density at radius 2 is 1.94 bits per heavy atom. The topological polar surface area (TPSA) is 29.5 Å². The van der Waals surface area contributed by atoms with Crippen molar-refractivity contribution < 1.29 is 14.2 Å². The molecule has 0 radical (unpaired) electrons. The van der Waals surface area contributed by atoms with Crippen molar-refractivity contribution in [1.29, 1.82) is 0 Å². The Hall–Kier alpha value is -1.39. The molecule has 0 aliphatic rings. The van der Waals surface area contributed by atoms with Gasteiger partial charge in [0.05, 0.1) is 11.7 Å². The summed E-state index contributed by atoms with van der Waals surface area (Å²) in [4.78, 5) is 0. The molecule has 94 valence electrons. The van der Waals surface area contributed by atoms with Gasteiger partial charge in [0.2, 0.25) is 0 Å². The van der Waals surface area contributed by atoms with Gasteiger partial charge in [-0.1, -0.05) is 28.1 Å². The molecule has 2 nitrogen and oxygen atoms in total. The summed E-state index contributed by atoms with van der Waals surface area (Å²) in [5.41, 5.74) is 0.164. The molecule has 1 atom stereocenters. The van der Waals surface area contributed by atoms with Crippen LogP contribution in [0.15, 0.2) is 46.9 Å². The van der Waals surface area contributed by atoms with Gasteiger partial charge in [-0.2, -0.15) is 0 Å². The number of ether oxygens (including phenoxy) is 1. The average molecular weight is 311 g/mol. The molecule has 0 spiro atoms. The summed E-state index contributed by atoms with van der Waals surface area (Å²) >= 11 is 3.33. The second kappa shape index (κ2) is 5.50. The Morgan fingerprint density at radius 1 is 1.22 bits per heavy atom. The van der Waals surface area contributed by atoms with Crippen LogP contribution < -0.4 is 4.74 Å². The number of halogens is 2. The summed E-state index contributed by atoms with van der Waals surface area (Å²) in [6.07, 6.45) is -0.923. The summed E-state index contributed by atoms with van der Waals surface area (Å²) in [5.74, 6) is 0.428. The van der Waals surface area contributed by atoms with Gasteiger partial charge < -0.3 is 9.84 Å². The van der Waals surface area contributed by atoms with Crippen molar-refractivity contribution in [1.82, 2.24) is 0 Å². The molecular weight excluding hydrogens is 299 g/mol. The zero-order chi connectivity index (χ0) is 13.1.